The van der Waals surface area contributed by atoms with Crippen molar-refractivity contribution in [2.24, 2.45) is 0 Å². The number of hydrogen-bond acceptors (Lipinski definition) is 4. The van der Waals surface area contributed by atoms with Gasteiger partial charge in [0.2, 0.25) is 0 Å². The Labute approximate surface area is 147 Å². The normalized spacial score (nSPS) is 10.9. The van der Waals surface area contributed by atoms with Crippen molar-refractivity contribution >= 4 is 23.0 Å². The summed E-state index contributed by atoms with van der Waals surface area (Å²) in [7, 11) is 0. The molecular formula is C18H15NO5S. The van der Waals surface area contributed by atoms with Gasteiger partial charge in [0, 0.05) is 11.5 Å². The van der Waals surface area contributed by atoms with E-state index in [1.54, 1.807) is 0 Å². The average molecular weight is 357 g/mol. The van der Waals surface area contributed by atoms with Crippen LogP contribution < -0.4 is 5.32 Å². The zero-order valence-corrected chi connectivity index (χ0v) is 13.9. The van der Waals surface area contributed by atoms with Crippen molar-refractivity contribution in [3.63, 3.8) is 0 Å². The van der Waals surface area contributed by atoms with Gasteiger partial charge in [-0.05, 0) is 23.8 Å². The fourth-order valence-corrected chi connectivity index (χ4v) is 2.27. The maximum Gasteiger partial charge on any atom is 0.384 e. The van der Waals surface area contributed by atoms with Gasteiger partial charge in [-0.3, -0.25) is 4.79 Å². The minimum absolute atomic E-state index is 0.0499. The number of nitrogens with one attached hydrogen (secondary N) is 1. The highest BCUT2D eigenvalue weighted by Gasteiger charge is 2.07. The van der Waals surface area contributed by atoms with E-state index in [2.05, 4.69) is 17.2 Å². The van der Waals surface area contributed by atoms with Gasteiger partial charge in [0.05, 0.1) is 11.4 Å². The van der Waals surface area contributed by atoms with Crippen LogP contribution in [0.4, 0.5) is 0 Å². The van der Waals surface area contributed by atoms with Gasteiger partial charge in [-0.25, -0.2) is 9.00 Å². The smallest absolute Gasteiger partial charge is 0.384 e. The van der Waals surface area contributed by atoms with E-state index in [-0.39, 0.29) is 23.6 Å². The largest absolute Gasteiger partial charge is 0.451 e. The minimum atomic E-state index is -2.16. The lowest BCUT2D eigenvalue weighted by Gasteiger charge is -2.02. The molecule has 0 saturated heterocycles. The molecule has 7 heteroatoms. The topological polar surface area (TPSA) is 92.7 Å². The van der Waals surface area contributed by atoms with Crippen LogP contribution in [0.5, 0.6) is 0 Å². The summed E-state index contributed by atoms with van der Waals surface area (Å²) in [6.07, 6.45) is 0. The second-order valence-electron chi connectivity index (χ2n) is 4.82. The summed E-state index contributed by atoms with van der Waals surface area (Å²) in [6.45, 7) is 0.0809. The third-order valence-electron chi connectivity index (χ3n) is 3.04. The maximum atomic E-state index is 11.9. The maximum absolute atomic E-state index is 11.9. The quantitative estimate of drug-likeness (QED) is 0.368. The van der Waals surface area contributed by atoms with Crippen LogP contribution in [-0.2, 0) is 27.2 Å². The predicted octanol–water partition coefficient (Wildman–Crippen LogP) is 1.74. The van der Waals surface area contributed by atoms with Crippen LogP contribution in [0.25, 0.3) is 0 Å². The number of ether oxygens (including phenoxy) is 1. The summed E-state index contributed by atoms with van der Waals surface area (Å²) in [4.78, 5) is 23.5. The van der Waals surface area contributed by atoms with Gasteiger partial charge in [0.1, 0.15) is 6.61 Å². The lowest BCUT2D eigenvalue weighted by atomic mass is 10.2. The van der Waals surface area contributed by atoms with Crippen molar-refractivity contribution in [2.75, 3.05) is 6.54 Å². The highest BCUT2D eigenvalue weighted by molar-refractivity contribution is 7.79. The first-order valence-corrected chi connectivity index (χ1v) is 8.35. The van der Waals surface area contributed by atoms with Gasteiger partial charge < -0.3 is 14.6 Å². The number of benzene rings is 2. The van der Waals surface area contributed by atoms with Crippen molar-refractivity contribution in [2.45, 2.75) is 11.5 Å². The molecule has 0 heterocycles. The molecule has 0 saturated carbocycles. The zero-order valence-electron chi connectivity index (χ0n) is 13.1. The van der Waals surface area contributed by atoms with Crippen LogP contribution in [0.1, 0.15) is 15.9 Å². The second-order valence-corrected chi connectivity index (χ2v) is 5.79. The third-order valence-corrected chi connectivity index (χ3v) is 3.70. The summed E-state index contributed by atoms with van der Waals surface area (Å²) in [5, 5.41) is 2.49. The minimum Gasteiger partial charge on any atom is -0.451 e. The summed E-state index contributed by atoms with van der Waals surface area (Å²) in [5.74, 6) is 3.62. The van der Waals surface area contributed by atoms with Crippen molar-refractivity contribution in [3.05, 3.63) is 65.7 Å². The van der Waals surface area contributed by atoms with Gasteiger partial charge in [0.25, 0.3) is 5.91 Å². The molecule has 2 rings (SSSR count). The van der Waals surface area contributed by atoms with E-state index >= 15 is 0 Å². The molecule has 0 radical (unpaired) electrons. The molecule has 6 nitrogen and oxygen atoms in total. The Kier molecular flexibility index (Phi) is 6.89. The molecule has 0 aliphatic carbocycles. The molecule has 0 bridgehead atoms. The monoisotopic (exact) mass is 357 g/mol. The summed E-state index contributed by atoms with van der Waals surface area (Å²) >= 11 is -2.16. The summed E-state index contributed by atoms with van der Waals surface area (Å²) in [5.41, 5.74) is 1.08. The molecule has 1 amide bonds. The van der Waals surface area contributed by atoms with E-state index in [4.69, 9.17) is 9.29 Å². The van der Waals surface area contributed by atoms with Crippen LogP contribution in [0.15, 0.2) is 59.5 Å². The molecule has 0 aromatic heterocycles. The predicted molar refractivity (Wildman–Crippen MR) is 91.8 cm³/mol. The molecule has 0 spiro atoms. The first-order chi connectivity index (χ1) is 12.1. The van der Waals surface area contributed by atoms with Gasteiger partial charge >= 0.3 is 5.97 Å². The van der Waals surface area contributed by atoms with Crippen LogP contribution in [0, 0.1) is 11.8 Å². The Bertz CT molecular complexity index is 839. The Morgan fingerprint density at radius 1 is 1.12 bits per heavy atom. The second kappa shape index (κ2) is 9.37. The van der Waals surface area contributed by atoms with E-state index < -0.39 is 23.0 Å². The Morgan fingerprint density at radius 2 is 1.88 bits per heavy atom. The van der Waals surface area contributed by atoms with E-state index in [0.717, 1.165) is 5.56 Å². The first kappa shape index (κ1) is 18.4. The van der Waals surface area contributed by atoms with Crippen molar-refractivity contribution in [1.29, 1.82) is 0 Å². The number of esters is 1. The average Bonchev–Trinajstić information content (AvgIpc) is 2.64. The van der Waals surface area contributed by atoms with E-state index in [9.17, 15) is 13.8 Å². The van der Waals surface area contributed by atoms with Crippen LogP contribution in [-0.4, -0.2) is 27.2 Å². The Hall–Kier alpha value is -2.95. The molecule has 0 aliphatic rings. The van der Waals surface area contributed by atoms with Gasteiger partial charge in [-0.1, -0.05) is 42.3 Å². The molecule has 1 atom stereocenters. The number of carbonyl (C=O) groups is 2. The summed E-state index contributed by atoms with van der Waals surface area (Å²) < 4.78 is 25.0. The highest BCUT2D eigenvalue weighted by atomic mass is 32.2. The third kappa shape index (κ3) is 6.22. The van der Waals surface area contributed by atoms with Gasteiger partial charge in [0.15, 0.2) is 11.1 Å². The SMILES string of the molecule is O=C(C#CCNC(=O)c1cccc(S(=O)O)c1)OCc1ccccc1. The van der Waals surface area contributed by atoms with Crippen molar-refractivity contribution in [3.8, 4) is 11.8 Å². The van der Waals surface area contributed by atoms with Gasteiger partial charge in [-0.2, -0.15) is 0 Å². The van der Waals surface area contributed by atoms with E-state index in [1.807, 2.05) is 30.3 Å². The van der Waals surface area contributed by atoms with Crippen LogP contribution >= 0.6 is 0 Å². The standard InChI is InChI=1S/C18H15NO5S/c20-17(24-13-14-6-2-1-3-7-14)10-5-11-19-18(21)15-8-4-9-16(12-15)25(22)23/h1-4,6-9,12H,11,13H2,(H,19,21)(H,22,23). The van der Waals surface area contributed by atoms with Crippen LogP contribution in [0.3, 0.4) is 0 Å². The van der Waals surface area contributed by atoms with E-state index in [0.29, 0.717) is 0 Å². The molecule has 2 aromatic rings. The molecule has 0 fully saturated rings. The molecule has 2 N–H and O–H groups in total. The van der Waals surface area contributed by atoms with Crippen molar-refractivity contribution < 1.29 is 23.1 Å². The number of rotatable bonds is 5. The first-order valence-electron chi connectivity index (χ1n) is 7.25. The molecule has 0 aliphatic heterocycles. The lowest BCUT2D eigenvalue weighted by molar-refractivity contribution is -0.137. The Morgan fingerprint density at radius 3 is 2.60 bits per heavy atom. The molecule has 2 aromatic carbocycles. The number of hydrogen-bond donors (Lipinski definition) is 2. The van der Waals surface area contributed by atoms with Crippen molar-refractivity contribution in [1.82, 2.24) is 5.32 Å². The summed E-state index contributed by atoms with van der Waals surface area (Å²) in [6, 6.07) is 15.0. The molecular weight excluding hydrogens is 342 g/mol. The Balaban J connectivity index is 1.79. The van der Waals surface area contributed by atoms with Gasteiger partial charge in [-0.15, -0.1) is 0 Å². The molecule has 128 valence electrons. The fourth-order valence-electron chi connectivity index (χ4n) is 1.85. The number of amides is 1. The van der Waals surface area contributed by atoms with E-state index in [1.165, 1.54) is 24.3 Å². The molecule has 25 heavy (non-hydrogen) atoms. The fraction of sp³-hybridized carbons (Fsp3) is 0.111. The molecule has 1 unspecified atom stereocenters. The van der Waals surface area contributed by atoms with Crippen LogP contribution in [0.2, 0.25) is 0 Å². The number of carbonyl (C=O) groups excluding carboxylic acids is 2. The highest BCUT2D eigenvalue weighted by Crippen LogP contribution is 2.08. The lowest BCUT2D eigenvalue weighted by Crippen LogP contribution is -2.23. The zero-order chi connectivity index (χ0) is 18.1.